The van der Waals surface area contributed by atoms with Crippen LogP contribution >= 0.6 is 0 Å². The van der Waals surface area contributed by atoms with Gasteiger partial charge in [-0.25, -0.2) is 13.8 Å². The average molecular weight is 385 g/mol. The number of H-pyrrole nitrogens is 1. The molecule has 144 valence electrons. The van der Waals surface area contributed by atoms with Crippen molar-refractivity contribution in [3.8, 4) is 16.9 Å². The predicted molar refractivity (Wildman–Crippen MR) is 99.1 cm³/mol. The van der Waals surface area contributed by atoms with Crippen molar-refractivity contribution in [2.75, 3.05) is 23.9 Å². The van der Waals surface area contributed by atoms with Crippen molar-refractivity contribution in [2.45, 2.75) is 12.5 Å². The van der Waals surface area contributed by atoms with Gasteiger partial charge < -0.3 is 10.1 Å². The second-order valence-corrected chi connectivity index (χ2v) is 6.37. The van der Waals surface area contributed by atoms with E-state index in [9.17, 15) is 13.6 Å². The lowest BCUT2D eigenvalue weighted by molar-refractivity contribution is -0.117. The number of aromatic amines is 1. The highest BCUT2D eigenvalue weighted by atomic mass is 19.1. The highest BCUT2D eigenvalue weighted by Crippen LogP contribution is 2.28. The lowest BCUT2D eigenvalue weighted by atomic mass is 10.1. The lowest BCUT2D eigenvalue weighted by Gasteiger charge is -2.18. The van der Waals surface area contributed by atoms with Gasteiger partial charge in [-0.05, 0) is 18.6 Å². The normalized spacial score (nSPS) is 16.5. The molecule has 7 nitrogen and oxygen atoms in total. The van der Waals surface area contributed by atoms with Crippen LogP contribution < -0.4 is 15.0 Å². The molecule has 1 unspecified atom stereocenters. The van der Waals surface area contributed by atoms with E-state index in [4.69, 9.17) is 4.74 Å². The minimum Gasteiger partial charge on any atom is -0.497 e. The number of nitrogens with one attached hydrogen (secondary N) is 2. The highest BCUT2D eigenvalue weighted by molar-refractivity contribution is 6.00. The highest BCUT2D eigenvalue weighted by Gasteiger charge is 2.34. The van der Waals surface area contributed by atoms with Gasteiger partial charge in [0.15, 0.2) is 11.6 Å². The summed E-state index contributed by atoms with van der Waals surface area (Å²) in [4.78, 5) is 18.2. The second kappa shape index (κ2) is 7.26. The molecule has 0 radical (unpaired) electrons. The van der Waals surface area contributed by atoms with Crippen molar-refractivity contribution < 1.29 is 18.3 Å². The number of amides is 1. The first-order valence-corrected chi connectivity index (χ1v) is 8.62. The Labute approximate surface area is 159 Å². The number of nitrogens with zero attached hydrogens (tertiary/aromatic N) is 3. The number of carbonyl (C=O) groups excluding carboxylic acids is 1. The molecule has 1 saturated heterocycles. The Bertz CT molecular complexity index is 1010. The lowest BCUT2D eigenvalue weighted by Crippen LogP contribution is -2.34. The van der Waals surface area contributed by atoms with Crippen LogP contribution in [0, 0.1) is 11.6 Å². The van der Waals surface area contributed by atoms with Crippen LogP contribution in [0.15, 0.2) is 42.9 Å². The maximum Gasteiger partial charge on any atom is 0.250 e. The summed E-state index contributed by atoms with van der Waals surface area (Å²) in [6, 6.07) is 4.82. The Balaban J connectivity index is 1.52. The van der Waals surface area contributed by atoms with Crippen LogP contribution in [-0.4, -0.2) is 40.8 Å². The molecule has 4 rings (SSSR count). The molecule has 1 aliphatic heterocycles. The molecular weight excluding hydrogens is 368 g/mol. The molecule has 1 fully saturated rings. The van der Waals surface area contributed by atoms with E-state index in [-0.39, 0.29) is 11.7 Å². The number of methoxy groups -OCH3 is 1. The maximum absolute atomic E-state index is 14.6. The first-order chi connectivity index (χ1) is 13.5. The second-order valence-electron chi connectivity index (χ2n) is 6.37. The van der Waals surface area contributed by atoms with Gasteiger partial charge in [0.1, 0.15) is 17.6 Å². The van der Waals surface area contributed by atoms with E-state index in [1.807, 2.05) is 0 Å². The largest absolute Gasteiger partial charge is 0.497 e. The van der Waals surface area contributed by atoms with Gasteiger partial charge in [-0.3, -0.25) is 14.8 Å². The van der Waals surface area contributed by atoms with Crippen LogP contribution in [0.5, 0.6) is 5.75 Å². The summed E-state index contributed by atoms with van der Waals surface area (Å²) in [6.07, 6.45) is 5.12. The van der Waals surface area contributed by atoms with Crippen molar-refractivity contribution >= 4 is 17.4 Å². The molecule has 0 bridgehead atoms. The number of benzene rings is 1. The van der Waals surface area contributed by atoms with E-state index in [0.29, 0.717) is 35.5 Å². The van der Waals surface area contributed by atoms with Gasteiger partial charge in [0.05, 0.1) is 13.3 Å². The van der Waals surface area contributed by atoms with Gasteiger partial charge in [-0.2, -0.15) is 5.10 Å². The number of aromatic nitrogens is 3. The molecule has 9 heteroatoms. The quantitative estimate of drug-likeness (QED) is 0.706. The first-order valence-electron chi connectivity index (χ1n) is 8.62. The zero-order valence-electron chi connectivity index (χ0n) is 14.9. The molecule has 28 heavy (non-hydrogen) atoms. The summed E-state index contributed by atoms with van der Waals surface area (Å²) in [5, 5.41) is 9.47. The number of carbonyl (C=O) groups is 1. The van der Waals surface area contributed by atoms with Crippen molar-refractivity contribution in [3.05, 3.63) is 54.5 Å². The SMILES string of the molecule is COc1cc(F)cc(NC2CCN(c3ncc(-c4cn[nH]c4)cc3F)C2=O)c1. The van der Waals surface area contributed by atoms with Gasteiger partial charge in [0, 0.05) is 47.9 Å². The van der Waals surface area contributed by atoms with Crippen molar-refractivity contribution in [3.63, 3.8) is 0 Å². The van der Waals surface area contributed by atoms with Crippen molar-refractivity contribution in [1.82, 2.24) is 15.2 Å². The van der Waals surface area contributed by atoms with Gasteiger partial charge in [0.2, 0.25) is 0 Å². The molecule has 1 atom stereocenters. The van der Waals surface area contributed by atoms with E-state index < -0.39 is 17.7 Å². The summed E-state index contributed by atoms with van der Waals surface area (Å²) < 4.78 is 33.3. The monoisotopic (exact) mass is 385 g/mol. The van der Waals surface area contributed by atoms with E-state index in [2.05, 4.69) is 20.5 Å². The molecule has 3 aromatic rings. The minimum absolute atomic E-state index is 0.0293. The molecule has 1 amide bonds. The predicted octanol–water partition coefficient (Wildman–Crippen LogP) is 2.98. The third-order valence-electron chi connectivity index (χ3n) is 4.56. The van der Waals surface area contributed by atoms with Crippen molar-refractivity contribution in [2.24, 2.45) is 0 Å². The molecule has 2 N–H and O–H groups in total. The molecule has 1 aromatic carbocycles. The van der Waals surface area contributed by atoms with Gasteiger partial charge in [-0.15, -0.1) is 0 Å². The maximum atomic E-state index is 14.6. The first kappa shape index (κ1) is 17.9. The minimum atomic E-state index is -0.610. The third-order valence-corrected chi connectivity index (χ3v) is 4.56. The molecule has 2 aromatic heterocycles. The molecular formula is C19H17F2N5O2. The molecule has 3 heterocycles. The average Bonchev–Trinajstić information content (AvgIpc) is 3.33. The molecule has 0 spiro atoms. The van der Waals surface area contributed by atoms with E-state index >= 15 is 0 Å². The fourth-order valence-corrected chi connectivity index (χ4v) is 3.19. The zero-order valence-corrected chi connectivity index (χ0v) is 14.9. The smallest absolute Gasteiger partial charge is 0.250 e. The Morgan fingerprint density at radius 2 is 2.07 bits per heavy atom. The zero-order chi connectivity index (χ0) is 19.7. The Morgan fingerprint density at radius 1 is 1.21 bits per heavy atom. The van der Waals surface area contributed by atoms with Crippen LogP contribution in [0.3, 0.4) is 0 Å². The van der Waals surface area contributed by atoms with Gasteiger partial charge >= 0.3 is 0 Å². The third kappa shape index (κ3) is 3.38. The summed E-state index contributed by atoms with van der Waals surface area (Å²) in [7, 11) is 1.43. The fraction of sp³-hybridized carbons (Fsp3) is 0.211. The van der Waals surface area contributed by atoms with E-state index in [1.165, 1.54) is 36.4 Å². The van der Waals surface area contributed by atoms with E-state index in [0.717, 1.165) is 0 Å². The van der Waals surface area contributed by atoms with Crippen LogP contribution in [0.4, 0.5) is 20.3 Å². The summed E-state index contributed by atoms with van der Waals surface area (Å²) >= 11 is 0. The summed E-state index contributed by atoms with van der Waals surface area (Å²) in [6.45, 7) is 0.303. The van der Waals surface area contributed by atoms with Crippen molar-refractivity contribution in [1.29, 1.82) is 0 Å². The number of anilines is 2. The Kier molecular flexibility index (Phi) is 4.64. The number of pyridine rings is 1. The van der Waals surface area contributed by atoms with Crippen LogP contribution in [0.2, 0.25) is 0 Å². The standard InChI is InChI=1S/C19H17F2N5O2/c1-28-15-6-13(20)5-14(7-15)25-17-2-3-26(19(17)27)18-16(21)4-11(8-22-18)12-9-23-24-10-12/h4-10,17,25H,2-3H2,1H3,(H,23,24). The molecule has 0 aliphatic carbocycles. The number of halogens is 2. The Hall–Kier alpha value is -3.49. The van der Waals surface area contributed by atoms with Gasteiger partial charge in [-0.1, -0.05) is 0 Å². The summed E-state index contributed by atoms with van der Waals surface area (Å²) in [5.41, 5.74) is 1.68. The number of hydrogen-bond donors (Lipinski definition) is 2. The molecule has 0 saturated carbocycles. The number of hydrogen-bond acceptors (Lipinski definition) is 5. The Morgan fingerprint density at radius 3 is 2.79 bits per heavy atom. The van der Waals surface area contributed by atoms with Crippen LogP contribution in [-0.2, 0) is 4.79 Å². The fourth-order valence-electron chi connectivity index (χ4n) is 3.19. The molecule has 1 aliphatic rings. The number of ether oxygens (including phenoxy) is 1. The van der Waals surface area contributed by atoms with Crippen LogP contribution in [0.1, 0.15) is 6.42 Å². The van der Waals surface area contributed by atoms with Gasteiger partial charge in [0.25, 0.3) is 5.91 Å². The van der Waals surface area contributed by atoms with Crippen LogP contribution in [0.25, 0.3) is 11.1 Å². The van der Waals surface area contributed by atoms with E-state index in [1.54, 1.807) is 18.5 Å². The summed E-state index contributed by atoms with van der Waals surface area (Å²) in [5.74, 6) is -1.09. The number of rotatable bonds is 5. The topological polar surface area (TPSA) is 83.1 Å².